The molecule has 1 aromatic rings. The normalized spacial score (nSPS) is 16.6. The first kappa shape index (κ1) is 13.3. The van der Waals surface area contributed by atoms with Gasteiger partial charge < -0.3 is 15.3 Å². The number of hydrogen-bond donors (Lipinski definition) is 2. The smallest absolute Gasteiger partial charge is 0.317 e. The Morgan fingerprint density at radius 3 is 2.68 bits per heavy atom. The Morgan fingerprint density at radius 2 is 2.11 bits per heavy atom. The van der Waals surface area contributed by atoms with Gasteiger partial charge in [0.1, 0.15) is 0 Å². The van der Waals surface area contributed by atoms with E-state index in [0.29, 0.717) is 19.6 Å². The third kappa shape index (κ3) is 3.21. The molecule has 0 radical (unpaired) electrons. The number of urea groups is 1. The molecule has 1 saturated heterocycles. The van der Waals surface area contributed by atoms with E-state index in [1.54, 1.807) is 24.2 Å². The van der Waals surface area contributed by atoms with Gasteiger partial charge in [0.25, 0.3) is 0 Å². The number of likely N-dealkylation sites (tertiary alicyclic amines) is 1. The minimum absolute atomic E-state index is 0.0594. The highest BCUT2D eigenvalue weighted by Gasteiger charge is 2.36. The number of aliphatic carboxylic acids is 1. The lowest BCUT2D eigenvalue weighted by Crippen LogP contribution is -2.56. The van der Waals surface area contributed by atoms with E-state index in [-0.39, 0.29) is 11.9 Å². The van der Waals surface area contributed by atoms with Gasteiger partial charge in [-0.05, 0) is 17.7 Å². The number of carbonyl (C=O) groups is 2. The molecule has 1 aliphatic rings. The van der Waals surface area contributed by atoms with Crippen molar-refractivity contribution in [2.24, 2.45) is 11.8 Å². The van der Waals surface area contributed by atoms with Crippen molar-refractivity contribution in [3.05, 3.63) is 30.1 Å². The Hall–Kier alpha value is -2.11. The molecule has 0 bridgehead atoms. The van der Waals surface area contributed by atoms with Crippen LogP contribution in [0.15, 0.2) is 24.5 Å². The molecule has 1 unspecified atom stereocenters. The number of carboxylic acids is 1. The van der Waals surface area contributed by atoms with Crippen LogP contribution >= 0.6 is 0 Å². The van der Waals surface area contributed by atoms with Crippen LogP contribution in [0.1, 0.15) is 12.5 Å². The molecule has 1 atom stereocenters. The van der Waals surface area contributed by atoms with Crippen LogP contribution in [-0.2, 0) is 11.3 Å². The highest BCUT2D eigenvalue weighted by Crippen LogP contribution is 2.23. The zero-order chi connectivity index (χ0) is 13.8. The topological polar surface area (TPSA) is 82.5 Å². The molecule has 19 heavy (non-hydrogen) atoms. The van der Waals surface area contributed by atoms with E-state index >= 15 is 0 Å². The summed E-state index contributed by atoms with van der Waals surface area (Å²) in [7, 11) is 0. The van der Waals surface area contributed by atoms with Crippen LogP contribution in [0.2, 0.25) is 0 Å². The number of nitrogens with zero attached hydrogens (tertiary/aromatic N) is 2. The molecule has 1 aliphatic heterocycles. The van der Waals surface area contributed by atoms with Gasteiger partial charge in [0, 0.05) is 37.9 Å². The van der Waals surface area contributed by atoms with Gasteiger partial charge in [-0.2, -0.15) is 0 Å². The highest BCUT2D eigenvalue weighted by atomic mass is 16.4. The van der Waals surface area contributed by atoms with Gasteiger partial charge in [0.15, 0.2) is 0 Å². The molecule has 6 heteroatoms. The summed E-state index contributed by atoms with van der Waals surface area (Å²) in [6.07, 6.45) is 3.35. The quantitative estimate of drug-likeness (QED) is 0.847. The number of pyridine rings is 1. The maximum Gasteiger partial charge on any atom is 0.317 e. The Morgan fingerprint density at radius 1 is 1.47 bits per heavy atom. The number of carbonyl (C=O) groups excluding carboxylic acids is 1. The number of aromatic nitrogens is 1. The molecule has 1 fully saturated rings. The second kappa shape index (κ2) is 5.69. The summed E-state index contributed by atoms with van der Waals surface area (Å²) < 4.78 is 0. The molecule has 0 aromatic carbocycles. The Labute approximate surface area is 111 Å². The number of amides is 2. The molecule has 0 saturated carbocycles. The molecular weight excluding hydrogens is 246 g/mol. The fourth-order valence-corrected chi connectivity index (χ4v) is 1.99. The lowest BCUT2D eigenvalue weighted by molar-refractivity contribution is -0.144. The predicted molar refractivity (Wildman–Crippen MR) is 68.3 cm³/mol. The summed E-state index contributed by atoms with van der Waals surface area (Å²) in [5.74, 6) is -1.14. The average Bonchev–Trinajstić information content (AvgIpc) is 2.35. The third-order valence-electron chi connectivity index (χ3n) is 3.49. The Balaban J connectivity index is 1.73. The molecular formula is C13H17N3O3. The van der Waals surface area contributed by atoms with E-state index < -0.39 is 11.9 Å². The van der Waals surface area contributed by atoms with Gasteiger partial charge in [-0.1, -0.05) is 6.92 Å². The van der Waals surface area contributed by atoms with E-state index in [1.807, 2.05) is 12.1 Å². The number of hydrogen-bond acceptors (Lipinski definition) is 3. The Bertz CT molecular complexity index is 457. The van der Waals surface area contributed by atoms with Gasteiger partial charge in [-0.3, -0.25) is 9.78 Å². The number of rotatable bonds is 4. The first-order valence-corrected chi connectivity index (χ1v) is 6.22. The number of carboxylic acid groups (broad SMARTS) is 1. The summed E-state index contributed by atoms with van der Waals surface area (Å²) >= 11 is 0. The fraction of sp³-hybridized carbons (Fsp3) is 0.462. The lowest BCUT2D eigenvalue weighted by Gasteiger charge is -2.41. The molecule has 2 heterocycles. The van der Waals surface area contributed by atoms with Crippen LogP contribution in [-0.4, -0.2) is 40.1 Å². The van der Waals surface area contributed by atoms with Gasteiger partial charge in [-0.15, -0.1) is 0 Å². The molecule has 102 valence electrons. The highest BCUT2D eigenvalue weighted by molar-refractivity contribution is 5.76. The fourth-order valence-electron chi connectivity index (χ4n) is 1.99. The molecule has 2 rings (SSSR count). The standard InChI is InChI=1S/C13H17N3O3/c1-9(12(17)18)11-7-16(8-11)13(19)15-6-10-2-4-14-5-3-10/h2-5,9,11H,6-8H2,1H3,(H,15,19)(H,17,18). The molecule has 6 nitrogen and oxygen atoms in total. The van der Waals surface area contributed by atoms with E-state index in [4.69, 9.17) is 5.11 Å². The van der Waals surface area contributed by atoms with Crippen LogP contribution < -0.4 is 5.32 Å². The monoisotopic (exact) mass is 263 g/mol. The van der Waals surface area contributed by atoms with Crippen molar-refractivity contribution in [1.82, 2.24) is 15.2 Å². The molecule has 1 aromatic heterocycles. The van der Waals surface area contributed by atoms with Gasteiger partial charge in [-0.25, -0.2) is 4.79 Å². The van der Waals surface area contributed by atoms with E-state index in [9.17, 15) is 9.59 Å². The minimum atomic E-state index is -0.804. The van der Waals surface area contributed by atoms with Crippen molar-refractivity contribution < 1.29 is 14.7 Å². The summed E-state index contributed by atoms with van der Waals surface area (Å²) in [5.41, 5.74) is 0.985. The van der Waals surface area contributed by atoms with E-state index in [2.05, 4.69) is 10.3 Å². The van der Waals surface area contributed by atoms with Crippen LogP contribution in [0.4, 0.5) is 4.79 Å². The largest absolute Gasteiger partial charge is 0.481 e. The van der Waals surface area contributed by atoms with Crippen LogP contribution in [0, 0.1) is 11.8 Å². The van der Waals surface area contributed by atoms with Crippen molar-refractivity contribution in [1.29, 1.82) is 0 Å². The summed E-state index contributed by atoms with van der Waals surface area (Å²) in [4.78, 5) is 28.1. The third-order valence-corrected chi connectivity index (χ3v) is 3.49. The van der Waals surface area contributed by atoms with E-state index in [0.717, 1.165) is 5.56 Å². The van der Waals surface area contributed by atoms with Gasteiger partial charge in [0.05, 0.1) is 5.92 Å². The SMILES string of the molecule is CC(C(=O)O)C1CN(C(=O)NCc2ccncc2)C1. The zero-order valence-corrected chi connectivity index (χ0v) is 10.7. The summed E-state index contributed by atoms with van der Waals surface area (Å²) in [5, 5.41) is 11.7. The molecule has 2 N–H and O–H groups in total. The first-order valence-electron chi connectivity index (χ1n) is 6.22. The molecule has 2 amide bonds. The van der Waals surface area contributed by atoms with Crippen LogP contribution in [0.3, 0.4) is 0 Å². The van der Waals surface area contributed by atoms with Gasteiger partial charge >= 0.3 is 12.0 Å². The Kier molecular flexibility index (Phi) is 3.99. The minimum Gasteiger partial charge on any atom is -0.481 e. The first-order chi connectivity index (χ1) is 9.08. The summed E-state index contributed by atoms with van der Waals surface area (Å²) in [6.45, 7) is 3.15. The van der Waals surface area contributed by atoms with Crippen molar-refractivity contribution in [2.75, 3.05) is 13.1 Å². The number of nitrogens with one attached hydrogen (secondary N) is 1. The molecule has 0 spiro atoms. The maximum absolute atomic E-state index is 11.8. The maximum atomic E-state index is 11.8. The van der Waals surface area contributed by atoms with Crippen LogP contribution in [0.5, 0.6) is 0 Å². The van der Waals surface area contributed by atoms with E-state index in [1.165, 1.54) is 0 Å². The van der Waals surface area contributed by atoms with Gasteiger partial charge in [0.2, 0.25) is 0 Å². The zero-order valence-electron chi connectivity index (χ0n) is 10.7. The second-order valence-electron chi connectivity index (χ2n) is 4.81. The van der Waals surface area contributed by atoms with Crippen molar-refractivity contribution in [3.8, 4) is 0 Å². The molecule has 0 aliphatic carbocycles. The average molecular weight is 263 g/mol. The predicted octanol–water partition coefficient (Wildman–Crippen LogP) is 0.944. The summed E-state index contributed by atoms with van der Waals surface area (Å²) in [6, 6.07) is 3.53. The lowest BCUT2D eigenvalue weighted by atomic mass is 9.87. The van der Waals surface area contributed by atoms with Crippen LogP contribution in [0.25, 0.3) is 0 Å². The second-order valence-corrected chi connectivity index (χ2v) is 4.81. The van der Waals surface area contributed by atoms with Crippen molar-refractivity contribution in [2.45, 2.75) is 13.5 Å². The van der Waals surface area contributed by atoms with Crippen molar-refractivity contribution in [3.63, 3.8) is 0 Å². The van der Waals surface area contributed by atoms with Crippen molar-refractivity contribution >= 4 is 12.0 Å².